The van der Waals surface area contributed by atoms with Crippen LogP contribution in [0, 0.1) is 29.1 Å². The van der Waals surface area contributed by atoms with Crippen LogP contribution in [-0.4, -0.2) is 10.9 Å². The van der Waals surface area contributed by atoms with E-state index in [1.165, 1.54) is 11.3 Å². The van der Waals surface area contributed by atoms with E-state index in [0.29, 0.717) is 22.5 Å². The van der Waals surface area contributed by atoms with Crippen LogP contribution in [0.1, 0.15) is 46.1 Å². The molecule has 4 nitrogen and oxygen atoms in total. The van der Waals surface area contributed by atoms with Gasteiger partial charge in [-0.2, -0.15) is 5.26 Å². The third-order valence-electron chi connectivity index (χ3n) is 4.21. The molecule has 0 saturated carbocycles. The summed E-state index contributed by atoms with van der Waals surface area (Å²) in [7, 11) is 0. The fourth-order valence-corrected chi connectivity index (χ4v) is 3.28. The second kappa shape index (κ2) is 7.56. The second-order valence-corrected chi connectivity index (χ2v) is 7.57. The number of nitrogens with zero attached hydrogens (tertiary/aromatic N) is 2. The first-order valence-corrected chi connectivity index (χ1v) is 8.84. The molecule has 0 radical (unpaired) electrons. The molecule has 2 aromatic rings. The summed E-state index contributed by atoms with van der Waals surface area (Å²) >= 11 is 1.41. The lowest BCUT2D eigenvalue weighted by atomic mass is 9.88. The molecule has 1 amide bonds. The summed E-state index contributed by atoms with van der Waals surface area (Å²) < 4.78 is 0.917. The molecular weight excluding hydrogens is 306 g/mol. The lowest BCUT2D eigenvalue weighted by molar-refractivity contribution is -0.120. The van der Waals surface area contributed by atoms with Crippen molar-refractivity contribution in [3.8, 4) is 6.07 Å². The van der Waals surface area contributed by atoms with Gasteiger partial charge in [-0.15, -0.1) is 0 Å². The van der Waals surface area contributed by atoms with Crippen LogP contribution >= 0.6 is 11.3 Å². The Kier molecular flexibility index (Phi) is 5.73. The molecule has 0 aliphatic heterocycles. The first-order chi connectivity index (χ1) is 10.9. The summed E-state index contributed by atoms with van der Waals surface area (Å²) in [6.07, 6.45) is 2.19. The van der Waals surface area contributed by atoms with Crippen LogP contribution in [-0.2, 0) is 4.79 Å². The molecule has 0 fully saturated rings. The number of carbonyl (C=O) groups excluding carboxylic acids is 1. The van der Waals surface area contributed by atoms with Gasteiger partial charge in [0.2, 0.25) is 5.91 Å². The smallest absolute Gasteiger partial charge is 0.229 e. The molecule has 1 aromatic carbocycles. The van der Waals surface area contributed by atoms with Crippen molar-refractivity contribution >= 4 is 32.6 Å². The topological polar surface area (TPSA) is 65.8 Å². The Morgan fingerprint density at radius 1 is 1.30 bits per heavy atom. The zero-order valence-corrected chi connectivity index (χ0v) is 14.9. The normalized spacial score (nSPS) is 13.7. The molecule has 2 unspecified atom stereocenters. The van der Waals surface area contributed by atoms with Crippen molar-refractivity contribution in [1.29, 1.82) is 5.26 Å². The molecule has 122 valence electrons. The minimum atomic E-state index is -0.0459. The number of hydrogen-bond acceptors (Lipinski definition) is 4. The van der Waals surface area contributed by atoms with Gasteiger partial charge in [0.05, 0.1) is 21.8 Å². The lowest BCUT2D eigenvalue weighted by Crippen LogP contribution is -2.25. The van der Waals surface area contributed by atoms with Gasteiger partial charge in [-0.05, 0) is 36.5 Å². The number of anilines is 1. The Morgan fingerprint density at radius 3 is 2.70 bits per heavy atom. The summed E-state index contributed by atoms with van der Waals surface area (Å²) in [5, 5.41) is 12.5. The molecule has 2 atom stereocenters. The quantitative estimate of drug-likeness (QED) is 0.826. The van der Waals surface area contributed by atoms with Gasteiger partial charge in [-0.25, -0.2) is 4.98 Å². The zero-order chi connectivity index (χ0) is 17.0. The number of carbonyl (C=O) groups is 1. The highest BCUT2D eigenvalue weighted by molar-refractivity contribution is 7.22. The standard InChI is InChI=1S/C18H23N3OS/c1-11(2)5-6-12(3)13(4)17(22)21-18-20-15-8-7-14(10-19)9-16(15)23-18/h7-9,11-13H,5-6H2,1-4H3,(H,20,21,22). The van der Waals surface area contributed by atoms with E-state index in [1.807, 2.05) is 13.0 Å². The van der Waals surface area contributed by atoms with Crippen LogP contribution in [0.4, 0.5) is 5.13 Å². The molecule has 0 bridgehead atoms. The van der Waals surface area contributed by atoms with Gasteiger partial charge in [0, 0.05) is 5.92 Å². The monoisotopic (exact) mass is 329 g/mol. The average Bonchev–Trinajstić information content (AvgIpc) is 2.92. The summed E-state index contributed by atoms with van der Waals surface area (Å²) in [6.45, 7) is 8.51. The highest BCUT2D eigenvalue weighted by atomic mass is 32.1. The van der Waals surface area contributed by atoms with Crippen molar-refractivity contribution in [1.82, 2.24) is 4.98 Å². The van der Waals surface area contributed by atoms with Gasteiger partial charge in [-0.1, -0.05) is 45.5 Å². The van der Waals surface area contributed by atoms with Gasteiger partial charge in [0.1, 0.15) is 0 Å². The number of nitrogens with one attached hydrogen (secondary N) is 1. The van der Waals surface area contributed by atoms with Crippen molar-refractivity contribution in [3.05, 3.63) is 23.8 Å². The van der Waals surface area contributed by atoms with E-state index in [0.717, 1.165) is 23.1 Å². The molecule has 5 heteroatoms. The van der Waals surface area contributed by atoms with E-state index in [9.17, 15) is 4.79 Å². The Balaban J connectivity index is 2.03. The molecule has 1 aromatic heterocycles. The molecule has 1 N–H and O–H groups in total. The predicted octanol–water partition coefficient (Wildman–Crippen LogP) is 4.81. The Hall–Kier alpha value is -1.93. The molecule has 23 heavy (non-hydrogen) atoms. The Labute approximate surface area is 141 Å². The summed E-state index contributed by atoms with van der Waals surface area (Å²) in [6, 6.07) is 7.47. The fourth-order valence-electron chi connectivity index (χ4n) is 2.37. The number of fused-ring (bicyclic) bond motifs is 1. The summed E-state index contributed by atoms with van der Waals surface area (Å²) in [5.41, 5.74) is 1.42. The van der Waals surface area contributed by atoms with Crippen molar-refractivity contribution in [3.63, 3.8) is 0 Å². The van der Waals surface area contributed by atoms with Crippen LogP contribution < -0.4 is 5.32 Å². The first kappa shape index (κ1) is 17.4. The first-order valence-electron chi connectivity index (χ1n) is 8.02. The van der Waals surface area contributed by atoms with Crippen molar-refractivity contribution in [2.24, 2.45) is 17.8 Å². The van der Waals surface area contributed by atoms with E-state index in [2.05, 4.69) is 37.1 Å². The highest BCUT2D eigenvalue weighted by Crippen LogP contribution is 2.28. The van der Waals surface area contributed by atoms with Crippen LogP contribution in [0.2, 0.25) is 0 Å². The van der Waals surface area contributed by atoms with Gasteiger partial charge in [0.25, 0.3) is 0 Å². The third kappa shape index (κ3) is 4.52. The molecular formula is C18H23N3OS. The summed E-state index contributed by atoms with van der Waals surface area (Å²) in [4.78, 5) is 16.8. The maximum Gasteiger partial charge on any atom is 0.229 e. The van der Waals surface area contributed by atoms with E-state index in [4.69, 9.17) is 5.26 Å². The van der Waals surface area contributed by atoms with Crippen LogP contribution in [0.25, 0.3) is 10.2 Å². The van der Waals surface area contributed by atoms with Crippen LogP contribution in [0.5, 0.6) is 0 Å². The van der Waals surface area contributed by atoms with Crippen molar-refractivity contribution in [2.45, 2.75) is 40.5 Å². The van der Waals surface area contributed by atoms with Crippen LogP contribution in [0.15, 0.2) is 18.2 Å². The second-order valence-electron chi connectivity index (χ2n) is 6.54. The van der Waals surface area contributed by atoms with Crippen LogP contribution in [0.3, 0.4) is 0 Å². The minimum absolute atomic E-state index is 0.0146. The third-order valence-corrected chi connectivity index (χ3v) is 5.15. The number of benzene rings is 1. The highest BCUT2D eigenvalue weighted by Gasteiger charge is 2.21. The maximum atomic E-state index is 12.4. The van der Waals surface area contributed by atoms with Crippen molar-refractivity contribution < 1.29 is 4.79 Å². The zero-order valence-electron chi connectivity index (χ0n) is 14.1. The number of amides is 1. The van der Waals surface area contributed by atoms with Crippen molar-refractivity contribution in [2.75, 3.05) is 5.32 Å². The summed E-state index contributed by atoms with van der Waals surface area (Å²) in [5.74, 6) is 0.972. The fraction of sp³-hybridized carbons (Fsp3) is 0.500. The number of hydrogen-bond donors (Lipinski definition) is 1. The number of aromatic nitrogens is 1. The molecule has 2 rings (SSSR count). The number of nitriles is 1. The van der Waals surface area contributed by atoms with Gasteiger partial charge in [0.15, 0.2) is 5.13 Å². The average molecular weight is 329 g/mol. The molecule has 1 heterocycles. The van der Waals surface area contributed by atoms with E-state index in [1.54, 1.807) is 12.1 Å². The Bertz CT molecular complexity index is 729. The SMILES string of the molecule is CC(C)CCC(C)C(C)C(=O)Nc1nc2ccc(C#N)cc2s1. The predicted molar refractivity (Wildman–Crippen MR) is 95.4 cm³/mol. The number of rotatable bonds is 6. The van der Waals surface area contributed by atoms with E-state index in [-0.39, 0.29) is 11.8 Å². The molecule has 0 saturated heterocycles. The van der Waals surface area contributed by atoms with E-state index >= 15 is 0 Å². The van der Waals surface area contributed by atoms with Gasteiger partial charge in [-0.3, -0.25) is 4.79 Å². The van der Waals surface area contributed by atoms with E-state index < -0.39 is 0 Å². The Morgan fingerprint density at radius 2 is 2.04 bits per heavy atom. The number of thiazole rings is 1. The molecule has 0 aliphatic carbocycles. The lowest BCUT2D eigenvalue weighted by Gasteiger charge is -2.19. The van der Waals surface area contributed by atoms with Gasteiger partial charge >= 0.3 is 0 Å². The molecule has 0 spiro atoms. The largest absolute Gasteiger partial charge is 0.302 e. The van der Waals surface area contributed by atoms with Gasteiger partial charge < -0.3 is 5.32 Å². The molecule has 0 aliphatic rings. The maximum absolute atomic E-state index is 12.4. The minimum Gasteiger partial charge on any atom is -0.302 e.